The van der Waals surface area contributed by atoms with Gasteiger partial charge in [0.15, 0.2) is 0 Å². The van der Waals surface area contributed by atoms with Crippen LogP contribution in [-0.2, 0) is 11.0 Å². The molecule has 0 amide bonds. The van der Waals surface area contributed by atoms with E-state index < -0.39 is 23.8 Å². The number of rotatable bonds is 2. The smallest absolute Gasteiger partial charge is 0.433 e. The summed E-state index contributed by atoms with van der Waals surface area (Å²) >= 11 is 0. The molecule has 0 spiro atoms. The van der Waals surface area contributed by atoms with Crippen LogP contribution in [-0.4, -0.2) is 29.0 Å². The zero-order valence-electron chi connectivity index (χ0n) is 10.8. The van der Waals surface area contributed by atoms with E-state index in [2.05, 4.69) is 9.97 Å². The molecule has 0 N–H and O–H groups in total. The zero-order valence-corrected chi connectivity index (χ0v) is 10.8. The summed E-state index contributed by atoms with van der Waals surface area (Å²) < 4.78 is 38.1. The number of piperidine rings is 1. The van der Waals surface area contributed by atoms with Crippen LogP contribution in [0.5, 0.6) is 0 Å². The van der Waals surface area contributed by atoms with Gasteiger partial charge in [-0.2, -0.15) is 13.2 Å². The molecule has 1 fully saturated rings. The molecular formula is C12H13F3N3O2-. The molecule has 0 unspecified atom stereocenters. The average Bonchev–Trinajstić information content (AvgIpc) is 2.37. The first-order valence-electron chi connectivity index (χ1n) is 6.16. The van der Waals surface area contributed by atoms with Gasteiger partial charge in [-0.25, -0.2) is 9.97 Å². The third-order valence-electron chi connectivity index (χ3n) is 3.24. The Hall–Kier alpha value is -1.86. The average molecular weight is 288 g/mol. The number of aromatic nitrogens is 2. The number of carboxylic acid groups (broad SMARTS) is 1. The van der Waals surface area contributed by atoms with Crippen molar-refractivity contribution in [3.05, 3.63) is 17.5 Å². The number of carbonyl (C=O) groups excluding carboxylic acids is 1. The van der Waals surface area contributed by atoms with Gasteiger partial charge in [-0.15, -0.1) is 0 Å². The minimum atomic E-state index is -4.52. The maximum atomic E-state index is 12.7. The minimum absolute atomic E-state index is 0.00544. The molecule has 1 aliphatic rings. The van der Waals surface area contributed by atoms with E-state index in [0.29, 0.717) is 25.9 Å². The predicted molar refractivity (Wildman–Crippen MR) is 61.7 cm³/mol. The van der Waals surface area contributed by atoms with Gasteiger partial charge in [0, 0.05) is 30.7 Å². The Morgan fingerprint density at radius 3 is 2.45 bits per heavy atom. The summed E-state index contributed by atoms with van der Waals surface area (Å²) in [5, 5.41) is 10.7. The van der Waals surface area contributed by atoms with Gasteiger partial charge < -0.3 is 14.8 Å². The number of nitrogens with zero attached hydrogens (tertiary/aromatic N) is 3. The van der Waals surface area contributed by atoms with Gasteiger partial charge in [0.25, 0.3) is 0 Å². The maximum absolute atomic E-state index is 12.7. The molecule has 2 rings (SSSR count). The van der Waals surface area contributed by atoms with Crippen LogP contribution in [0.25, 0.3) is 0 Å². The van der Waals surface area contributed by atoms with E-state index in [1.165, 1.54) is 6.92 Å². The molecule has 1 aliphatic heterocycles. The Morgan fingerprint density at radius 1 is 1.35 bits per heavy atom. The van der Waals surface area contributed by atoms with Crippen molar-refractivity contribution in [1.29, 1.82) is 0 Å². The molecule has 1 aromatic rings. The molecule has 0 atom stereocenters. The van der Waals surface area contributed by atoms with Gasteiger partial charge in [0.2, 0.25) is 5.95 Å². The highest BCUT2D eigenvalue weighted by Gasteiger charge is 2.34. The highest BCUT2D eigenvalue weighted by atomic mass is 19.4. The molecule has 0 aliphatic carbocycles. The second-order valence-corrected chi connectivity index (χ2v) is 4.77. The molecular weight excluding hydrogens is 275 g/mol. The van der Waals surface area contributed by atoms with Crippen LogP contribution in [0.4, 0.5) is 19.1 Å². The normalized spacial score (nSPS) is 17.3. The van der Waals surface area contributed by atoms with Gasteiger partial charge in [-0.1, -0.05) is 0 Å². The van der Waals surface area contributed by atoms with Crippen molar-refractivity contribution in [3.8, 4) is 0 Å². The van der Waals surface area contributed by atoms with Crippen LogP contribution in [0.15, 0.2) is 6.07 Å². The van der Waals surface area contributed by atoms with E-state index in [-0.39, 0.29) is 11.6 Å². The minimum Gasteiger partial charge on any atom is -0.550 e. The molecule has 2 heterocycles. The molecule has 0 bridgehead atoms. The third kappa shape index (κ3) is 3.17. The quantitative estimate of drug-likeness (QED) is 0.804. The lowest BCUT2D eigenvalue weighted by molar-refractivity contribution is -0.312. The van der Waals surface area contributed by atoms with E-state index in [4.69, 9.17) is 0 Å². The summed E-state index contributed by atoms with van der Waals surface area (Å²) in [5.74, 6) is -1.68. The van der Waals surface area contributed by atoms with Gasteiger partial charge in [-0.3, -0.25) is 0 Å². The number of anilines is 1. The lowest BCUT2D eigenvalue weighted by Gasteiger charge is -2.32. The van der Waals surface area contributed by atoms with Gasteiger partial charge in [-0.05, 0) is 25.8 Å². The van der Waals surface area contributed by atoms with Crippen molar-refractivity contribution in [1.82, 2.24) is 9.97 Å². The van der Waals surface area contributed by atoms with E-state index in [0.717, 1.165) is 6.07 Å². The zero-order chi connectivity index (χ0) is 14.9. The first-order valence-corrected chi connectivity index (χ1v) is 6.16. The second kappa shape index (κ2) is 5.26. The Bertz CT molecular complexity index is 511. The first kappa shape index (κ1) is 14.5. The number of hydrogen-bond acceptors (Lipinski definition) is 5. The SMILES string of the molecule is Cc1cc(C(F)(F)F)nc(N2CCC(C(=O)[O-])CC2)n1. The summed E-state index contributed by atoms with van der Waals surface area (Å²) in [6, 6.07) is 0.886. The van der Waals surface area contributed by atoms with Crippen LogP contribution in [0, 0.1) is 12.8 Å². The summed E-state index contributed by atoms with van der Waals surface area (Å²) in [7, 11) is 0. The molecule has 20 heavy (non-hydrogen) atoms. The van der Waals surface area contributed by atoms with E-state index in [9.17, 15) is 23.1 Å². The van der Waals surface area contributed by atoms with Gasteiger partial charge >= 0.3 is 6.18 Å². The van der Waals surface area contributed by atoms with E-state index >= 15 is 0 Å². The van der Waals surface area contributed by atoms with Crippen molar-refractivity contribution in [2.24, 2.45) is 5.92 Å². The number of carbonyl (C=O) groups is 1. The summed E-state index contributed by atoms with van der Waals surface area (Å²) in [5.41, 5.74) is -0.758. The van der Waals surface area contributed by atoms with Crippen LogP contribution in [0.2, 0.25) is 0 Å². The molecule has 1 aromatic heterocycles. The Labute approximate surface area is 113 Å². The number of hydrogen-bond donors (Lipinski definition) is 0. The fourth-order valence-electron chi connectivity index (χ4n) is 2.15. The summed E-state index contributed by atoms with van der Waals surface area (Å²) in [6.07, 6.45) is -3.88. The highest BCUT2D eigenvalue weighted by molar-refractivity contribution is 5.68. The van der Waals surface area contributed by atoms with Crippen molar-refractivity contribution in [2.45, 2.75) is 25.9 Å². The second-order valence-electron chi connectivity index (χ2n) is 4.77. The molecule has 8 heteroatoms. The lowest BCUT2D eigenvalue weighted by atomic mass is 9.97. The van der Waals surface area contributed by atoms with Gasteiger partial charge in [0.1, 0.15) is 5.69 Å². The van der Waals surface area contributed by atoms with Gasteiger partial charge in [0.05, 0.1) is 0 Å². The monoisotopic (exact) mass is 288 g/mol. The predicted octanol–water partition coefficient (Wildman–Crippen LogP) is 0.770. The van der Waals surface area contributed by atoms with Crippen molar-refractivity contribution in [3.63, 3.8) is 0 Å². The van der Waals surface area contributed by atoms with Crippen LogP contribution in [0.3, 0.4) is 0 Å². The topological polar surface area (TPSA) is 69.2 Å². The Kier molecular flexibility index (Phi) is 3.82. The van der Waals surface area contributed by atoms with Crippen molar-refractivity contribution < 1.29 is 23.1 Å². The number of aliphatic carboxylic acids is 1. The Morgan fingerprint density at radius 2 is 1.95 bits per heavy atom. The Balaban J connectivity index is 2.18. The number of alkyl halides is 3. The molecule has 5 nitrogen and oxygen atoms in total. The molecule has 0 saturated carbocycles. The summed E-state index contributed by atoms with van der Waals surface area (Å²) in [6.45, 7) is 2.08. The number of aryl methyl sites for hydroxylation is 1. The highest BCUT2D eigenvalue weighted by Crippen LogP contribution is 2.30. The summed E-state index contributed by atoms with van der Waals surface area (Å²) in [4.78, 5) is 19.8. The lowest BCUT2D eigenvalue weighted by Crippen LogP contribution is -2.42. The van der Waals surface area contributed by atoms with Crippen LogP contribution >= 0.6 is 0 Å². The number of halogens is 3. The number of carboxylic acids is 1. The fraction of sp³-hybridized carbons (Fsp3) is 0.583. The standard InChI is InChI=1S/C12H14F3N3O2/c1-7-6-9(12(13,14)15)17-11(16-7)18-4-2-8(3-5-18)10(19)20/h6,8H,2-5H2,1H3,(H,19,20)/p-1. The fourth-order valence-corrected chi connectivity index (χ4v) is 2.15. The molecule has 1 saturated heterocycles. The van der Waals surface area contributed by atoms with E-state index in [1.54, 1.807) is 4.90 Å². The van der Waals surface area contributed by atoms with Crippen LogP contribution < -0.4 is 10.0 Å². The van der Waals surface area contributed by atoms with Crippen molar-refractivity contribution >= 4 is 11.9 Å². The molecule has 0 aromatic carbocycles. The van der Waals surface area contributed by atoms with E-state index in [1.807, 2.05) is 0 Å². The maximum Gasteiger partial charge on any atom is 0.433 e. The molecule has 110 valence electrons. The van der Waals surface area contributed by atoms with Crippen LogP contribution in [0.1, 0.15) is 24.2 Å². The largest absolute Gasteiger partial charge is 0.550 e. The first-order chi connectivity index (χ1) is 9.27. The van der Waals surface area contributed by atoms with Crippen molar-refractivity contribution in [2.75, 3.05) is 18.0 Å². The third-order valence-corrected chi connectivity index (χ3v) is 3.24. The molecule has 0 radical (unpaired) electrons.